The number of nitrogens with two attached hydrogens (primary N) is 1. The van der Waals surface area contributed by atoms with Gasteiger partial charge in [0.2, 0.25) is 0 Å². The van der Waals surface area contributed by atoms with E-state index in [-0.39, 0.29) is 29.6 Å². The normalized spacial score (nSPS) is 11.7. The van der Waals surface area contributed by atoms with Crippen LogP contribution in [0.15, 0.2) is 0 Å². The Balaban J connectivity index is -0.000000208. The van der Waals surface area contributed by atoms with Crippen LogP contribution in [0.2, 0.25) is 0 Å². The van der Waals surface area contributed by atoms with Crippen LogP contribution in [-0.2, 0) is 15.2 Å². The molecule has 88 valence electrons. The standard InChI is InChI=1S/C5H11NO2S.Na.H2O4S.H/c1-9-3-2-4(6)5(7)8;;1-5(2,3)4;/h4H,2-3,6H2,1H3,(H,7,8);;(H2,1,2,3,4);/t4-;;;/m0.../s1. The number of hydrogen-bond acceptors (Lipinski definition) is 5. The minimum atomic E-state index is -4.67. The first-order valence-corrected chi connectivity index (χ1v) is 6.14. The molecule has 0 aromatic carbocycles. The van der Waals surface area contributed by atoms with Gasteiger partial charge in [-0.25, -0.2) is 0 Å². The molecule has 0 aliphatic heterocycles. The summed E-state index contributed by atoms with van der Waals surface area (Å²) in [4.78, 5) is 10.1. The van der Waals surface area contributed by atoms with Crippen molar-refractivity contribution in [2.45, 2.75) is 12.5 Å². The molecule has 0 heterocycles. The van der Waals surface area contributed by atoms with Crippen LogP contribution in [0.25, 0.3) is 0 Å². The van der Waals surface area contributed by atoms with Crippen molar-refractivity contribution < 1.29 is 27.4 Å². The summed E-state index contributed by atoms with van der Waals surface area (Å²) < 4.78 is 31.6. The summed E-state index contributed by atoms with van der Waals surface area (Å²) in [5.41, 5.74) is 5.19. The van der Waals surface area contributed by atoms with Gasteiger partial charge in [0.1, 0.15) is 6.04 Å². The minimum absolute atomic E-state index is 0. The molecule has 0 bridgehead atoms. The van der Waals surface area contributed by atoms with Gasteiger partial charge in [-0.3, -0.25) is 13.9 Å². The maximum atomic E-state index is 10.1. The van der Waals surface area contributed by atoms with Crippen molar-refractivity contribution in [2.24, 2.45) is 5.73 Å². The molecule has 0 aliphatic carbocycles. The molecule has 1 atom stereocenters. The van der Waals surface area contributed by atoms with Crippen molar-refractivity contribution in [2.75, 3.05) is 12.0 Å². The third-order valence-corrected chi connectivity index (χ3v) is 1.59. The second-order valence-corrected chi connectivity index (χ2v) is 4.06. The number of rotatable bonds is 4. The van der Waals surface area contributed by atoms with Crippen LogP contribution < -0.4 is 5.73 Å². The second-order valence-electron chi connectivity index (χ2n) is 2.17. The first-order valence-electron chi connectivity index (χ1n) is 3.35. The molecule has 0 rings (SSSR count). The van der Waals surface area contributed by atoms with E-state index in [2.05, 4.69) is 0 Å². The Kier molecular flexibility index (Phi) is 15.6. The fourth-order valence-electron chi connectivity index (χ4n) is 0.368. The Hall–Kier alpha value is 0.650. The third kappa shape index (κ3) is 31.3. The summed E-state index contributed by atoms with van der Waals surface area (Å²) in [5, 5.41) is 8.27. The Morgan fingerprint density at radius 3 is 2.00 bits per heavy atom. The van der Waals surface area contributed by atoms with Gasteiger partial charge in [-0.05, 0) is 18.4 Å². The van der Waals surface area contributed by atoms with Gasteiger partial charge in [-0.15, -0.1) is 0 Å². The molecule has 0 aliphatic rings. The summed E-state index contributed by atoms with van der Waals surface area (Å²) in [6.07, 6.45) is 2.48. The number of thioether (sulfide) groups is 1. The van der Waals surface area contributed by atoms with E-state index in [9.17, 15) is 4.79 Å². The van der Waals surface area contributed by atoms with Crippen LogP contribution in [0, 0.1) is 0 Å². The summed E-state index contributed by atoms with van der Waals surface area (Å²) in [7, 11) is -4.67. The molecule has 0 aromatic rings. The zero-order valence-corrected chi connectivity index (χ0v) is 9.08. The van der Waals surface area contributed by atoms with Gasteiger partial charge in [0.25, 0.3) is 0 Å². The monoisotopic (exact) mass is 271 g/mol. The van der Waals surface area contributed by atoms with Crippen LogP contribution in [0.5, 0.6) is 0 Å². The van der Waals surface area contributed by atoms with Gasteiger partial charge in [0.15, 0.2) is 0 Å². The summed E-state index contributed by atoms with van der Waals surface area (Å²) in [5.74, 6) is -0.1000. The molecular weight excluding hydrogens is 257 g/mol. The van der Waals surface area contributed by atoms with E-state index in [1.54, 1.807) is 11.8 Å². The van der Waals surface area contributed by atoms with E-state index in [4.69, 9.17) is 28.4 Å². The predicted octanol–water partition coefficient (Wildman–Crippen LogP) is -1.15. The van der Waals surface area contributed by atoms with Crippen molar-refractivity contribution in [3.63, 3.8) is 0 Å². The van der Waals surface area contributed by atoms with E-state index in [1.165, 1.54) is 0 Å². The average molecular weight is 271 g/mol. The number of hydrogen-bond donors (Lipinski definition) is 4. The first-order chi connectivity index (χ1) is 6.18. The zero-order valence-electron chi connectivity index (χ0n) is 7.45. The maximum absolute atomic E-state index is 10.1. The van der Waals surface area contributed by atoms with Crippen molar-refractivity contribution in [1.29, 1.82) is 0 Å². The van der Waals surface area contributed by atoms with Crippen LogP contribution in [0.4, 0.5) is 0 Å². The van der Waals surface area contributed by atoms with E-state index in [0.29, 0.717) is 6.42 Å². The fraction of sp³-hybridized carbons (Fsp3) is 0.800. The number of carbonyl (C=O) groups is 1. The molecule has 10 heteroatoms. The van der Waals surface area contributed by atoms with E-state index in [1.807, 2.05) is 6.26 Å². The molecule has 0 aromatic heterocycles. The van der Waals surface area contributed by atoms with Crippen molar-refractivity contribution in [3.05, 3.63) is 0 Å². The fourth-order valence-corrected chi connectivity index (χ4v) is 0.858. The van der Waals surface area contributed by atoms with Crippen LogP contribution in [0.1, 0.15) is 6.42 Å². The third-order valence-electron chi connectivity index (χ3n) is 0.950. The van der Waals surface area contributed by atoms with Crippen molar-refractivity contribution in [1.82, 2.24) is 0 Å². The molecule has 0 fully saturated rings. The quantitative estimate of drug-likeness (QED) is 0.371. The SMILES string of the molecule is CSCC[C@H](N)C(=O)O.O=S(=O)(O)O.[NaH]. The number of carboxylic acid groups (broad SMARTS) is 1. The van der Waals surface area contributed by atoms with Gasteiger partial charge < -0.3 is 10.8 Å². The molecule has 0 radical (unpaired) electrons. The Labute approximate surface area is 115 Å². The molecule has 0 saturated carbocycles. The molecule has 15 heavy (non-hydrogen) atoms. The number of carboxylic acids is 1. The van der Waals surface area contributed by atoms with Crippen LogP contribution in [-0.4, -0.2) is 76.2 Å². The first kappa shape index (κ1) is 21.0. The average Bonchev–Trinajstić information content (AvgIpc) is 1.96. The molecule has 7 nitrogen and oxygen atoms in total. The Morgan fingerprint density at radius 1 is 1.47 bits per heavy atom. The molecule has 0 spiro atoms. The van der Waals surface area contributed by atoms with Crippen LogP contribution >= 0.6 is 11.8 Å². The van der Waals surface area contributed by atoms with E-state index < -0.39 is 22.4 Å². The molecule has 0 unspecified atom stereocenters. The zero-order chi connectivity index (χ0) is 11.8. The van der Waals surface area contributed by atoms with Gasteiger partial charge in [-0.1, -0.05) is 0 Å². The van der Waals surface area contributed by atoms with Crippen LogP contribution in [0.3, 0.4) is 0 Å². The van der Waals surface area contributed by atoms with Gasteiger partial charge in [0.05, 0.1) is 0 Å². The van der Waals surface area contributed by atoms with Gasteiger partial charge in [-0.2, -0.15) is 20.2 Å². The van der Waals surface area contributed by atoms with Gasteiger partial charge in [0, 0.05) is 0 Å². The van der Waals surface area contributed by atoms with Crippen molar-refractivity contribution in [3.8, 4) is 0 Å². The van der Waals surface area contributed by atoms with Gasteiger partial charge >= 0.3 is 45.9 Å². The van der Waals surface area contributed by atoms with E-state index >= 15 is 0 Å². The Bertz CT molecular complexity index is 248. The predicted molar refractivity (Wildman–Crippen MR) is 59.9 cm³/mol. The molecule has 5 N–H and O–H groups in total. The molecule has 0 amide bonds. The summed E-state index contributed by atoms with van der Waals surface area (Å²) >= 11 is 1.60. The summed E-state index contributed by atoms with van der Waals surface area (Å²) in [6.45, 7) is 0. The topological polar surface area (TPSA) is 138 Å². The van der Waals surface area contributed by atoms with E-state index in [0.717, 1.165) is 5.75 Å². The number of aliphatic carboxylic acids is 1. The summed E-state index contributed by atoms with van der Waals surface area (Å²) in [6, 6.07) is -0.683. The van der Waals surface area contributed by atoms with Crippen molar-refractivity contribution >= 4 is 57.7 Å². The molecular formula is C5H14NNaO6S2. The molecule has 0 saturated heterocycles. The second kappa shape index (κ2) is 11.1. The Morgan fingerprint density at radius 2 is 1.80 bits per heavy atom.